The summed E-state index contributed by atoms with van der Waals surface area (Å²) in [6.45, 7) is 4.48. The second-order valence-electron chi connectivity index (χ2n) is 5.15. The van der Waals surface area contributed by atoms with Gasteiger partial charge in [-0.25, -0.2) is 0 Å². The van der Waals surface area contributed by atoms with E-state index in [1.165, 1.54) is 17.5 Å². The number of hydrogen-bond donors (Lipinski definition) is 1. The van der Waals surface area contributed by atoms with E-state index in [2.05, 4.69) is 67.2 Å². The summed E-state index contributed by atoms with van der Waals surface area (Å²) >= 11 is 5.31. The lowest BCUT2D eigenvalue weighted by Crippen LogP contribution is -2.32. The molecule has 20 heavy (non-hydrogen) atoms. The van der Waals surface area contributed by atoms with Gasteiger partial charge in [-0.15, -0.1) is 0 Å². The second kappa shape index (κ2) is 6.85. The third kappa shape index (κ3) is 3.31. The highest BCUT2D eigenvalue weighted by Gasteiger charge is 2.23. The lowest BCUT2D eigenvalue weighted by molar-refractivity contribution is 0.241. The molecule has 2 heterocycles. The molecule has 0 bridgehead atoms. The van der Waals surface area contributed by atoms with Gasteiger partial charge in [-0.1, -0.05) is 28.1 Å². The van der Waals surface area contributed by atoms with Gasteiger partial charge >= 0.3 is 0 Å². The molecule has 0 spiro atoms. The Balaban J connectivity index is 1.93. The molecule has 0 amide bonds. The van der Waals surface area contributed by atoms with E-state index in [1.54, 1.807) is 11.3 Å². The minimum absolute atomic E-state index is 0.384. The first-order valence-electron chi connectivity index (χ1n) is 7.07. The number of halogens is 1. The van der Waals surface area contributed by atoms with E-state index in [0.717, 1.165) is 30.7 Å². The maximum absolute atomic E-state index is 3.53. The summed E-state index contributed by atoms with van der Waals surface area (Å²) in [5, 5.41) is 7.95. The van der Waals surface area contributed by atoms with Gasteiger partial charge in [0.05, 0.1) is 6.04 Å². The monoisotopic (exact) mass is 350 g/mol. The predicted octanol–water partition coefficient (Wildman–Crippen LogP) is 3.90. The maximum Gasteiger partial charge on any atom is 0.0610 e. The third-order valence-electron chi connectivity index (χ3n) is 3.78. The van der Waals surface area contributed by atoms with Crippen LogP contribution in [0.15, 0.2) is 45.6 Å². The molecule has 3 rings (SSSR count). The Morgan fingerprint density at radius 2 is 1.90 bits per heavy atom. The normalized spacial score (nSPS) is 18.6. The van der Waals surface area contributed by atoms with Crippen molar-refractivity contribution in [1.29, 1.82) is 0 Å². The second-order valence-corrected chi connectivity index (χ2v) is 6.85. The summed E-state index contributed by atoms with van der Waals surface area (Å²) in [6.07, 6.45) is 1.22. The van der Waals surface area contributed by atoms with Gasteiger partial charge in [0.1, 0.15) is 0 Å². The van der Waals surface area contributed by atoms with Gasteiger partial charge in [0.2, 0.25) is 0 Å². The Kier molecular flexibility index (Phi) is 4.89. The molecule has 1 aliphatic rings. The zero-order valence-corrected chi connectivity index (χ0v) is 13.8. The first kappa shape index (κ1) is 14.3. The molecule has 2 aromatic rings. The van der Waals surface area contributed by atoms with E-state index in [1.807, 2.05) is 0 Å². The van der Waals surface area contributed by atoms with Gasteiger partial charge in [0.25, 0.3) is 0 Å². The van der Waals surface area contributed by atoms with Gasteiger partial charge in [-0.3, -0.25) is 4.90 Å². The highest BCUT2D eigenvalue weighted by molar-refractivity contribution is 9.10. The van der Waals surface area contributed by atoms with Crippen molar-refractivity contribution in [3.63, 3.8) is 0 Å². The standard InChI is InChI=1S/C16H19BrN2S/c17-15-4-2-13(3-5-15)16(14-6-11-20-12-14)19-9-1-7-18-8-10-19/h2-6,11-12,16,18H,1,7-10H2. The van der Waals surface area contributed by atoms with Crippen LogP contribution in [-0.2, 0) is 0 Å². The molecule has 1 atom stereocenters. The van der Waals surface area contributed by atoms with Crippen LogP contribution in [0.1, 0.15) is 23.6 Å². The van der Waals surface area contributed by atoms with Gasteiger partial charge in [0, 0.05) is 24.1 Å². The van der Waals surface area contributed by atoms with Crippen molar-refractivity contribution in [2.75, 3.05) is 26.2 Å². The van der Waals surface area contributed by atoms with Gasteiger partial charge in [0.15, 0.2) is 0 Å². The molecule has 4 heteroatoms. The average Bonchev–Trinajstić information content (AvgIpc) is 2.85. The van der Waals surface area contributed by atoms with Crippen molar-refractivity contribution in [3.05, 3.63) is 56.7 Å². The predicted molar refractivity (Wildman–Crippen MR) is 89.4 cm³/mol. The highest BCUT2D eigenvalue weighted by atomic mass is 79.9. The Morgan fingerprint density at radius 1 is 1.05 bits per heavy atom. The molecular weight excluding hydrogens is 332 g/mol. The summed E-state index contributed by atoms with van der Waals surface area (Å²) in [6, 6.07) is 11.4. The lowest BCUT2D eigenvalue weighted by atomic mass is 9.99. The molecule has 1 aliphatic heterocycles. The van der Waals surface area contributed by atoms with Gasteiger partial charge < -0.3 is 5.32 Å². The molecule has 1 fully saturated rings. The van der Waals surface area contributed by atoms with Crippen LogP contribution in [0.25, 0.3) is 0 Å². The molecule has 106 valence electrons. The largest absolute Gasteiger partial charge is 0.315 e. The van der Waals surface area contributed by atoms with Crippen LogP contribution in [0.2, 0.25) is 0 Å². The third-order valence-corrected chi connectivity index (χ3v) is 5.01. The van der Waals surface area contributed by atoms with Crippen LogP contribution < -0.4 is 5.32 Å². The van der Waals surface area contributed by atoms with Crippen molar-refractivity contribution in [3.8, 4) is 0 Å². The van der Waals surface area contributed by atoms with Crippen LogP contribution in [0.4, 0.5) is 0 Å². The number of rotatable bonds is 3. The lowest BCUT2D eigenvalue weighted by Gasteiger charge is -2.30. The van der Waals surface area contributed by atoms with Crippen LogP contribution in [0, 0.1) is 0 Å². The Morgan fingerprint density at radius 3 is 2.65 bits per heavy atom. The van der Waals surface area contributed by atoms with Gasteiger partial charge in [-0.05, 0) is 53.1 Å². The van der Waals surface area contributed by atoms with Crippen molar-refractivity contribution < 1.29 is 0 Å². The first-order valence-corrected chi connectivity index (χ1v) is 8.80. The van der Waals surface area contributed by atoms with E-state index in [-0.39, 0.29) is 0 Å². The van der Waals surface area contributed by atoms with Crippen LogP contribution >= 0.6 is 27.3 Å². The molecule has 1 unspecified atom stereocenters. The maximum atomic E-state index is 3.53. The van der Waals surface area contributed by atoms with Crippen molar-refractivity contribution in [2.45, 2.75) is 12.5 Å². The fourth-order valence-corrected chi connectivity index (χ4v) is 3.76. The Bertz CT molecular complexity index is 516. The minimum Gasteiger partial charge on any atom is -0.315 e. The summed E-state index contributed by atoms with van der Waals surface area (Å²) in [5.74, 6) is 0. The van der Waals surface area contributed by atoms with E-state index in [0.29, 0.717) is 6.04 Å². The molecule has 1 N–H and O–H groups in total. The number of nitrogens with one attached hydrogen (secondary N) is 1. The first-order chi connectivity index (χ1) is 9.84. The molecule has 2 nitrogen and oxygen atoms in total. The highest BCUT2D eigenvalue weighted by Crippen LogP contribution is 2.31. The van der Waals surface area contributed by atoms with Crippen LogP contribution in [-0.4, -0.2) is 31.1 Å². The molecule has 1 aromatic carbocycles. The van der Waals surface area contributed by atoms with Crippen molar-refractivity contribution in [1.82, 2.24) is 10.2 Å². The topological polar surface area (TPSA) is 15.3 Å². The fraction of sp³-hybridized carbons (Fsp3) is 0.375. The zero-order valence-electron chi connectivity index (χ0n) is 11.4. The smallest absolute Gasteiger partial charge is 0.0610 e. The molecule has 1 aromatic heterocycles. The Labute approximate surface area is 132 Å². The average molecular weight is 351 g/mol. The number of hydrogen-bond acceptors (Lipinski definition) is 3. The molecule has 1 saturated heterocycles. The summed E-state index contributed by atoms with van der Waals surface area (Å²) in [4.78, 5) is 2.60. The van der Waals surface area contributed by atoms with Crippen LogP contribution in [0.5, 0.6) is 0 Å². The SMILES string of the molecule is Brc1ccc(C(c2ccsc2)N2CCCNCC2)cc1. The minimum atomic E-state index is 0.384. The quantitative estimate of drug-likeness (QED) is 0.902. The summed E-state index contributed by atoms with van der Waals surface area (Å²) < 4.78 is 1.14. The van der Waals surface area contributed by atoms with Crippen molar-refractivity contribution >= 4 is 27.3 Å². The molecular formula is C16H19BrN2S. The van der Waals surface area contributed by atoms with Crippen LogP contribution in [0.3, 0.4) is 0 Å². The number of benzene rings is 1. The number of nitrogens with zero attached hydrogens (tertiary/aromatic N) is 1. The molecule has 0 radical (unpaired) electrons. The van der Waals surface area contributed by atoms with Gasteiger partial charge in [-0.2, -0.15) is 11.3 Å². The Hall–Kier alpha value is -0.680. The van der Waals surface area contributed by atoms with E-state index in [9.17, 15) is 0 Å². The van der Waals surface area contributed by atoms with E-state index in [4.69, 9.17) is 0 Å². The van der Waals surface area contributed by atoms with Crippen molar-refractivity contribution in [2.24, 2.45) is 0 Å². The summed E-state index contributed by atoms with van der Waals surface area (Å²) in [5.41, 5.74) is 2.80. The number of thiophene rings is 1. The fourth-order valence-electron chi connectivity index (χ4n) is 2.81. The van der Waals surface area contributed by atoms with E-state index >= 15 is 0 Å². The molecule has 0 aliphatic carbocycles. The summed E-state index contributed by atoms with van der Waals surface area (Å²) in [7, 11) is 0. The zero-order chi connectivity index (χ0) is 13.8. The van der Waals surface area contributed by atoms with E-state index < -0.39 is 0 Å². The molecule has 0 saturated carbocycles.